The van der Waals surface area contributed by atoms with E-state index in [4.69, 9.17) is 55.9 Å². The van der Waals surface area contributed by atoms with Gasteiger partial charge in [0, 0.05) is 11.3 Å². The molecule has 0 aromatic heterocycles. The summed E-state index contributed by atoms with van der Waals surface area (Å²) in [5, 5.41) is -0.365. The largest absolute Gasteiger partial charge is 0.469 e. The highest BCUT2D eigenvalue weighted by Gasteiger charge is 2.69. The van der Waals surface area contributed by atoms with Gasteiger partial charge in [-0.1, -0.05) is 47.0 Å². The number of fused-ring (bicyclic) bond motifs is 1. The number of carbonyl (C=O) groups is 2. The maximum Gasteiger partial charge on any atom is 0.310 e. The molecule has 0 saturated heterocycles. The van der Waals surface area contributed by atoms with Gasteiger partial charge in [0.2, 0.25) is 0 Å². The minimum Gasteiger partial charge on any atom is -0.469 e. The smallest absolute Gasteiger partial charge is 0.310 e. The van der Waals surface area contributed by atoms with Gasteiger partial charge in [-0.15, -0.1) is 11.6 Å². The number of carbonyl (C=O) groups excluding carboxylic acids is 2. The lowest BCUT2D eigenvalue weighted by atomic mass is 9.43. The van der Waals surface area contributed by atoms with Crippen LogP contribution in [0.25, 0.3) is 0 Å². The molecule has 0 N–H and O–H groups in total. The van der Waals surface area contributed by atoms with Crippen LogP contribution in [0.3, 0.4) is 0 Å². The van der Waals surface area contributed by atoms with E-state index in [9.17, 15) is 9.59 Å². The number of esters is 2. The predicted molar refractivity (Wildman–Crippen MR) is 87.5 cm³/mol. The van der Waals surface area contributed by atoms with Crippen molar-refractivity contribution in [2.75, 3.05) is 14.2 Å². The van der Waals surface area contributed by atoms with E-state index in [0.29, 0.717) is 0 Å². The Balaban J connectivity index is 2.01. The van der Waals surface area contributed by atoms with E-state index in [-0.39, 0.29) is 35.0 Å². The number of allylic oxidation sites excluding steroid dienone is 2. The molecule has 0 aliphatic heterocycles. The molecule has 4 aliphatic carbocycles. The lowest BCUT2D eigenvalue weighted by molar-refractivity contribution is -0.178. The molecule has 128 valence electrons. The Kier molecular flexibility index (Phi) is 4.59. The minimum absolute atomic E-state index is 0.0164. The molecule has 0 spiro atoms. The van der Waals surface area contributed by atoms with Crippen LogP contribution in [0.5, 0.6) is 0 Å². The first-order valence-electron chi connectivity index (χ1n) is 7.28. The van der Waals surface area contributed by atoms with Gasteiger partial charge in [-0.3, -0.25) is 9.59 Å². The number of rotatable bonds is 2. The zero-order valence-corrected chi connectivity index (χ0v) is 15.4. The fourth-order valence-electron chi connectivity index (χ4n) is 4.71. The van der Waals surface area contributed by atoms with Gasteiger partial charge in [0.1, 0.15) is 0 Å². The number of hydrogen-bond donors (Lipinski definition) is 0. The van der Waals surface area contributed by atoms with E-state index in [1.807, 2.05) is 12.2 Å². The van der Waals surface area contributed by atoms with Crippen LogP contribution >= 0.6 is 46.4 Å². The summed E-state index contributed by atoms with van der Waals surface area (Å²) in [5.74, 6) is -3.04. The highest BCUT2D eigenvalue weighted by Crippen LogP contribution is 2.67. The second kappa shape index (κ2) is 5.98. The van der Waals surface area contributed by atoms with Gasteiger partial charge >= 0.3 is 11.9 Å². The lowest BCUT2D eigenvalue weighted by Crippen LogP contribution is -2.67. The van der Waals surface area contributed by atoms with Crippen LogP contribution in [-0.4, -0.2) is 35.3 Å². The number of halogens is 4. The molecule has 4 nitrogen and oxygen atoms in total. The third-order valence-corrected chi connectivity index (χ3v) is 6.87. The maximum absolute atomic E-state index is 12.3. The molecule has 2 bridgehead atoms. The highest BCUT2D eigenvalue weighted by molar-refractivity contribution is 6.68. The van der Waals surface area contributed by atoms with Crippen LogP contribution in [-0.2, 0) is 19.1 Å². The number of ether oxygens (including phenoxy) is 2. The summed E-state index contributed by atoms with van der Waals surface area (Å²) in [5.41, 5.74) is 0. The Morgan fingerprint density at radius 3 is 1.74 bits per heavy atom. The standard InChI is InChI=1S/C15H16Cl4O4/c1-22-13(20)9-5-3-4-6(10(9)14(21)23-2)8-7(5)11(12(8)16)15(17,18)19/h3-12H,1-2H3/t5-,6+,7-,8-,9+,10-,11+,12+/m1/s1. The van der Waals surface area contributed by atoms with Gasteiger partial charge in [0.25, 0.3) is 0 Å². The molecule has 0 amide bonds. The summed E-state index contributed by atoms with van der Waals surface area (Å²) in [6.45, 7) is 0. The molecule has 4 rings (SSSR count). The Morgan fingerprint density at radius 1 is 0.913 bits per heavy atom. The van der Waals surface area contributed by atoms with Crippen molar-refractivity contribution in [1.82, 2.24) is 0 Å². The van der Waals surface area contributed by atoms with Gasteiger partial charge in [-0.2, -0.15) is 0 Å². The first-order chi connectivity index (χ1) is 10.7. The Hall–Kier alpha value is -0.160. The van der Waals surface area contributed by atoms with Crippen LogP contribution in [0.1, 0.15) is 0 Å². The van der Waals surface area contributed by atoms with Gasteiger partial charge in [-0.05, 0) is 23.7 Å². The molecule has 4 aliphatic rings. The highest BCUT2D eigenvalue weighted by atomic mass is 35.6. The molecule has 8 atom stereocenters. The molecular formula is C15H16Cl4O4. The van der Waals surface area contributed by atoms with Crippen LogP contribution in [0.2, 0.25) is 0 Å². The van der Waals surface area contributed by atoms with Crippen molar-refractivity contribution < 1.29 is 19.1 Å². The monoisotopic (exact) mass is 400 g/mol. The fraction of sp³-hybridized carbons (Fsp3) is 0.733. The quantitative estimate of drug-likeness (QED) is 0.405. The third kappa shape index (κ3) is 2.48. The summed E-state index contributed by atoms with van der Waals surface area (Å²) >= 11 is 24.8. The molecule has 23 heavy (non-hydrogen) atoms. The van der Waals surface area contributed by atoms with Crippen molar-refractivity contribution in [1.29, 1.82) is 0 Å². The molecule has 2 fully saturated rings. The van der Waals surface area contributed by atoms with Crippen LogP contribution in [0.15, 0.2) is 12.2 Å². The molecule has 0 aromatic carbocycles. The van der Waals surface area contributed by atoms with Gasteiger partial charge in [0.05, 0.1) is 26.1 Å². The zero-order valence-electron chi connectivity index (χ0n) is 12.4. The third-order valence-electron chi connectivity index (χ3n) is 5.56. The molecule has 2 saturated carbocycles. The lowest BCUT2D eigenvalue weighted by Gasteiger charge is -2.64. The number of methoxy groups -OCH3 is 2. The normalized spacial score (nSPS) is 44.3. The first kappa shape index (κ1) is 17.7. The van der Waals surface area contributed by atoms with Gasteiger partial charge in [0.15, 0.2) is 3.79 Å². The molecule has 0 unspecified atom stereocenters. The van der Waals surface area contributed by atoms with E-state index in [1.165, 1.54) is 14.2 Å². The van der Waals surface area contributed by atoms with Crippen molar-refractivity contribution in [2.45, 2.75) is 9.17 Å². The predicted octanol–water partition coefficient (Wildman–Crippen LogP) is 3.22. The molecule has 0 heterocycles. The number of hydrogen-bond acceptors (Lipinski definition) is 4. The first-order valence-corrected chi connectivity index (χ1v) is 8.85. The van der Waals surface area contributed by atoms with Crippen LogP contribution in [0.4, 0.5) is 0 Å². The van der Waals surface area contributed by atoms with Crippen molar-refractivity contribution in [3.05, 3.63) is 12.2 Å². The van der Waals surface area contributed by atoms with Crippen LogP contribution in [0, 0.1) is 41.4 Å². The van der Waals surface area contributed by atoms with E-state index in [0.717, 1.165) is 0 Å². The van der Waals surface area contributed by atoms with Crippen molar-refractivity contribution in [3.8, 4) is 0 Å². The summed E-state index contributed by atoms with van der Waals surface area (Å²) in [6.07, 6.45) is 3.87. The Bertz CT molecular complexity index is 558. The summed E-state index contributed by atoms with van der Waals surface area (Å²) in [6, 6.07) is 0. The van der Waals surface area contributed by atoms with Crippen molar-refractivity contribution in [3.63, 3.8) is 0 Å². The average Bonchev–Trinajstić information content (AvgIpc) is 2.49. The van der Waals surface area contributed by atoms with Crippen molar-refractivity contribution in [2.24, 2.45) is 41.4 Å². The van der Waals surface area contributed by atoms with E-state index in [1.54, 1.807) is 0 Å². The van der Waals surface area contributed by atoms with E-state index < -0.39 is 27.6 Å². The van der Waals surface area contributed by atoms with Crippen molar-refractivity contribution >= 4 is 58.3 Å². The second-order valence-electron chi connectivity index (χ2n) is 6.30. The molecule has 0 radical (unpaired) electrons. The molecule has 8 heteroatoms. The summed E-state index contributed by atoms with van der Waals surface area (Å²) < 4.78 is 8.30. The topological polar surface area (TPSA) is 52.6 Å². The summed E-state index contributed by atoms with van der Waals surface area (Å²) in [4.78, 5) is 24.6. The summed E-state index contributed by atoms with van der Waals surface area (Å²) in [7, 11) is 2.61. The fourth-order valence-corrected chi connectivity index (χ4v) is 6.44. The molecular weight excluding hydrogens is 386 g/mol. The SMILES string of the molecule is COC(=O)[C@@H]1[C@H]2C=C[C@@H]([C@@H]1C(=O)OC)[C@@H]1[C@@H]2[C@H](Cl)[C@H]1C(Cl)(Cl)Cl. The Morgan fingerprint density at radius 2 is 1.35 bits per heavy atom. The Labute approximate surface area is 154 Å². The van der Waals surface area contributed by atoms with E-state index >= 15 is 0 Å². The average molecular weight is 402 g/mol. The maximum atomic E-state index is 12.3. The molecule has 0 aromatic rings. The van der Waals surface area contributed by atoms with Gasteiger partial charge in [-0.25, -0.2) is 0 Å². The number of alkyl halides is 4. The van der Waals surface area contributed by atoms with E-state index in [2.05, 4.69) is 0 Å². The second-order valence-corrected chi connectivity index (χ2v) is 9.18. The minimum atomic E-state index is -1.51. The zero-order chi connectivity index (χ0) is 17.1. The van der Waals surface area contributed by atoms with Gasteiger partial charge < -0.3 is 9.47 Å². The van der Waals surface area contributed by atoms with Crippen LogP contribution < -0.4 is 0 Å².